The SMILES string of the molecule is CC[C@@H](C(=O)NC1CCCC1)N(Cc1ccccc1Cl)C(=O)CN(c1ccccc1C)S(=O)(=O)c1ccc(C)cc1. The molecule has 3 aromatic carbocycles. The number of halogens is 1. The van der Waals surface area contributed by atoms with Crippen LogP contribution >= 0.6 is 11.6 Å². The minimum atomic E-state index is -4.12. The summed E-state index contributed by atoms with van der Waals surface area (Å²) in [6.45, 7) is 5.14. The second-order valence-electron chi connectivity index (χ2n) is 10.6. The zero-order chi connectivity index (χ0) is 29.6. The first-order chi connectivity index (χ1) is 19.6. The van der Waals surface area contributed by atoms with Crippen LogP contribution in [0.4, 0.5) is 5.69 Å². The fourth-order valence-electron chi connectivity index (χ4n) is 5.29. The summed E-state index contributed by atoms with van der Waals surface area (Å²) in [6.07, 6.45) is 4.31. The molecule has 2 amide bonds. The highest BCUT2D eigenvalue weighted by atomic mass is 35.5. The minimum Gasteiger partial charge on any atom is -0.352 e. The summed E-state index contributed by atoms with van der Waals surface area (Å²) in [5.74, 6) is -0.721. The number of para-hydroxylation sites is 1. The van der Waals surface area contributed by atoms with Crippen molar-refractivity contribution in [3.8, 4) is 0 Å². The molecule has 1 fully saturated rings. The van der Waals surface area contributed by atoms with Gasteiger partial charge >= 0.3 is 0 Å². The van der Waals surface area contributed by atoms with Crippen molar-refractivity contribution < 1.29 is 18.0 Å². The van der Waals surface area contributed by atoms with E-state index >= 15 is 0 Å². The molecule has 4 rings (SSSR count). The topological polar surface area (TPSA) is 86.8 Å². The van der Waals surface area contributed by atoms with Gasteiger partial charge in [0.15, 0.2) is 0 Å². The molecule has 218 valence electrons. The predicted molar refractivity (Wildman–Crippen MR) is 163 cm³/mol. The summed E-state index contributed by atoms with van der Waals surface area (Å²) in [5.41, 5.74) is 2.72. The highest BCUT2D eigenvalue weighted by Gasteiger charge is 2.35. The Morgan fingerprint density at radius 3 is 2.22 bits per heavy atom. The monoisotopic (exact) mass is 595 g/mol. The van der Waals surface area contributed by atoms with Crippen LogP contribution in [-0.2, 0) is 26.2 Å². The highest BCUT2D eigenvalue weighted by molar-refractivity contribution is 7.92. The summed E-state index contributed by atoms with van der Waals surface area (Å²) < 4.78 is 29.2. The van der Waals surface area contributed by atoms with Crippen LogP contribution in [0.2, 0.25) is 5.02 Å². The van der Waals surface area contributed by atoms with Crippen LogP contribution in [0.15, 0.2) is 77.7 Å². The number of nitrogens with zero attached hydrogens (tertiary/aromatic N) is 2. The Hall–Kier alpha value is -3.36. The van der Waals surface area contributed by atoms with E-state index in [-0.39, 0.29) is 23.4 Å². The van der Waals surface area contributed by atoms with Gasteiger partial charge in [0.05, 0.1) is 10.6 Å². The molecule has 0 bridgehead atoms. The number of carbonyl (C=O) groups excluding carboxylic acids is 2. The molecule has 9 heteroatoms. The van der Waals surface area contributed by atoms with Crippen LogP contribution in [0.25, 0.3) is 0 Å². The van der Waals surface area contributed by atoms with Crippen LogP contribution in [0.3, 0.4) is 0 Å². The molecular weight excluding hydrogens is 558 g/mol. The number of anilines is 1. The number of nitrogens with one attached hydrogen (secondary N) is 1. The van der Waals surface area contributed by atoms with Crippen molar-refractivity contribution >= 4 is 39.1 Å². The number of aryl methyl sites for hydroxylation is 2. The van der Waals surface area contributed by atoms with Gasteiger partial charge in [0.1, 0.15) is 12.6 Å². The van der Waals surface area contributed by atoms with Crippen molar-refractivity contribution in [3.05, 3.63) is 94.5 Å². The van der Waals surface area contributed by atoms with Gasteiger partial charge in [-0.05, 0) is 68.5 Å². The number of hydrogen-bond acceptors (Lipinski definition) is 4. The molecule has 0 saturated heterocycles. The summed E-state index contributed by atoms with van der Waals surface area (Å²) in [6, 6.07) is 20.1. The third kappa shape index (κ3) is 7.29. The molecule has 0 radical (unpaired) electrons. The van der Waals surface area contributed by atoms with Crippen molar-refractivity contribution in [3.63, 3.8) is 0 Å². The first-order valence-corrected chi connectivity index (χ1v) is 15.9. The standard InChI is InChI=1S/C32H38ClN3O4S/c1-4-29(32(38)34-26-13-7-8-14-26)35(21-25-12-6-9-15-28(25)33)31(37)22-36(30-16-10-5-11-24(30)3)41(39,40)27-19-17-23(2)18-20-27/h5-6,9-12,15-20,26,29H,4,7-8,13-14,21-22H2,1-3H3,(H,34,38)/t29-/m0/s1. The largest absolute Gasteiger partial charge is 0.352 e. The van der Waals surface area contributed by atoms with E-state index in [4.69, 9.17) is 11.6 Å². The molecular formula is C32H38ClN3O4S. The number of rotatable bonds is 11. The van der Waals surface area contributed by atoms with Crippen LogP contribution < -0.4 is 9.62 Å². The van der Waals surface area contributed by atoms with E-state index in [9.17, 15) is 18.0 Å². The Labute approximate surface area is 248 Å². The Morgan fingerprint density at radius 2 is 1.59 bits per heavy atom. The van der Waals surface area contributed by atoms with Gasteiger partial charge in [-0.15, -0.1) is 0 Å². The van der Waals surface area contributed by atoms with E-state index in [2.05, 4.69) is 5.32 Å². The molecule has 0 heterocycles. The molecule has 41 heavy (non-hydrogen) atoms. The lowest BCUT2D eigenvalue weighted by Gasteiger charge is -2.34. The summed E-state index contributed by atoms with van der Waals surface area (Å²) >= 11 is 6.48. The number of sulfonamides is 1. The molecule has 1 atom stereocenters. The fourth-order valence-corrected chi connectivity index (χ4v) is 6.97. The zero-order valence-corrected chi connectivity index (χ0v) is 25.4. The first kappa shape index (κ1) is 30.6. The quantitative estimate of drug-likeness (QED) is 0.294. The van der Waals surface area contributed by atoms with Gasteiger partial charge in [-0.2, -0.15) is 0 Å². The van der Waals surface area contributed by atoms with Crippen molar-refractivity contribution in [1.29, 1.82) is 0 Å². The van der Waals surface area contributed by atoms with Crippen LogP contribution in [0, 0.1) is 13.8 Å². The Bertz CT molecular complexity index is 1470. The van der Waals surface area contributed by atoms with Gasteiger partial charge in [0.25, 0.3) is 10.0 Å². The normalized spacial score (nSPS) is 14.4. The summed E-state index contributed by atoms with van der Waals surface area (Å²) in [7, 11) is -4.12. The van der Waals surface area contributed by atoms with Crippen LogP contribution in [-0.4, -0.2) is 43.8 Å². The van der Waals surface area contributed by atoms with Crippen molar-refractivity contribution in [2.75, 3.05) is 10.8 Å². The molecule has 3 aromatic rings. The van der Waals surface area contributed by atoms with E-state index in [1.165, 1.54) is 4.90 Å². The molecule has 0 unspecified atom stereocenters. The summed E-state index contributed by atoms with van der Waals surface area (Å²) in [5, 5.41) is 3.60. The van der Waals surface area contributed by atoms with Crippen molar-refractivity contribution in [2.24, 2.45) is 0 Å². The lowest BCUT2D eigenvalue weighted by atomic mass is 10.1. The van der Waals surface area contributed by atoms with Gasteiger partial charge < -0.3 is 10.2 Å². The van der Waals surface area contributed by atoms with E-state index in [0.29, 0.717) is 28.3 Å². The van der Waals surface area contributed by atoms with E-state index in [1.54, 1.807) is 48.5 Å². The van der Waals surface area contributed by atoms with E-state index < -0.39 is 28.5 Å². The fraction of sp³-hybridized carbons (Fsp3) is 0.375. The van der Waals surface area contributed by atoms with Crippen LogP contribution in [0.1, 0.15) is 55.7 Å². The Kier molecular flexibility index (Phi) is 10.1. The molecule has 1 N–H and O–H groups in total. The third-order valence-corrected chi connectivity index (χ3v) is 9.80. The number of benzene rings is 3. The van der Waals surface area contributed by atoms with Gasteiger partial charge in [0.2, 0.25) is 11.8 Å². The van der Waals surface area contributed by atoms with Crippen LogP contribution in [0.5, 0.6) is 0 Å². The smallest absolute Gasteiger partial charge is 0.264 e. The lowest BCUT2D eigenvalue weighted by Crippen LogP contribution is -2.53. The molecule has 7 nitrogen and oxygen atoms in total. The molecule has 0 aliphatic heterocycles. The Morgan fingerprint density at radius 1 is 0.951 bits per heavy atom. The van der Waals surface area contributed by atoms with Gasteiger partial charge in [-0.1, -0.05) is 85.5 Å². The molecule has 1 saturated carbocycles. The average Bonchev–Trinajstić information content (AvgIpc) is 3.46. The maximum absolute atomic E-state index is 14.2. The maximum atomic E-state index is 14.2. The average molecular weight is 596 g/mol. The second kappa shape index (κ2) is 13.5. The van der Waals surface area contributed by atoms with Crippen molar-refractivity contribution in [1.82, 2.24) is 10.2 Å². The second-order valence-corrected chi connectivity index (χ2v) is 12.9. The van der Waals surface area contributed by atoms with E-state index in [0.717, 1.165) is 35.6 Å². The molecule has 1 aliphatic carbocycles. The maximum Gasteiger partial charge on any atom is 0.264 e. The van der Waals surface area contributed by atoms with Gasteiger partial charge in [-0.25, -0.2) is 8.42 Å². The molecule has 1 aliphatic rings. The first-order valence-electron chi connectivity index (χ1n) is 14.1. The summed E-state index contributed by atoms with van der Waals surface area (Å²) in [4.78, 5) is 29.3. The van der Waals surface area contributed by atoms with E-state index in [1.807, 2.05) is 45.0 Å². The van der Waals surface area contributed by atoms with Gasteiger partial charge in [-0.3, -0.25) is 13.9 Å². The Balaban J connectivity index is 1.73. The number of carbonyl (C=O) groups is 2. The number of hydrogen-bond donors (Lipinski definition) is 1. The molecule has 0 spiro atoms. The zero-order valence-electron chi connectivity index (χ0n) is 23.8. The lowest BCUT2D eigenvalue weighted by molar-refractivity contribution is -0.140. The highest BCUT2D eigenvalue weighted by Crippen LogP contribution is 2.28. The minimum absolute atomic E-state index is 0.0707. The molecule has 0 aromatic heterocycles. The third-order valence-electron chi connectivity index (χ3n) is 7.66. The number of amides is 2. The van der Waals surface area contributed by atoms with Gasteiger partial charge in [0, 0.05) is 17.6 Å². The predicted octanol–water partition coefficient (Wildman–Crippen LogP) is 6.02. The van der Waals surface area contributed by atoms with Crippen molar-refractivity contribution in [2.45, 2.75) is 76.4 Å².